The summed E-state index contributed by atoms with van der Waals surface area (Å²) in [5.74, 6) is 0.402. The molecule has 0 amide bonds. The maximum Gasteiger partial charge on any atom is 0.132 e. The molecular weight excluding hydrogens is 355 g/mol. The van der Waals surface area contributed by atoms with E-state index in [1.54, 1.807) is 6.07 Å². The molecule has 1 atom stereocenters. The predicted octanol–water partition coefficient (Wildman–Crippen LogP) is 5.54. The summed E-state index contributed by atoms with van der Waals surface area (Å²) in [5.41, 5.74) is 3.58. The Morgan fingerprint density at radius 2 is 2.00 bits per heavy atom. The van der Waals surface area contributed by atoms with Gasteiger partial charge >= 0.3 is 0 Å². The lowest BCUT2D eigenvalue weighted by Crippen LogP contribution is -2.03. The zero-order valence-electron chi connectivity index (χ0n) is 11.6. The molecule has 0 aliphatic heterocycles. The summed E-state index contributed by atoms with van der Waals surface area (Å²) in [6, 6.07) is 10.6. The molecular formula is C16H13BrClFN2. The number of hydrogen-bond acceptors (Lipinski definition) is 1. The molecule has 21 heavy (non-hydrogen) atoms. The van der Waals surface area contributed by atoms with Crippen LogP contribution in [-0.4, -0.2) is 9.55 Å². The summed E-state index contributed by atoms with van der Waals surface area (Å²) < 4.78 is 16.4. The van der Waals surface area contributed by atoms with E-state index in [4.69, 9.17) is 11.6 Å². The van der Waals surface area contributed by atoms with Gasteiger partial charge in [0.05, 0.1) is 22.1 Å². The molecule has 2 nitrogen and oxygen atoms in total. The van der Waals surface area contributed by atoms with Crippen LogP contribution in [0.5, 0.6) is 0 Å². The fraction of sp³-hybridized carbons (Fsp3) is 0.188. The van der Waals surface area contributed by atoms with Crippen LogP contribution >= 0.6 is 27.5 Å². The highest BCUT2D eigenvalue weighted by atomic mass is 79.9. The van der Waals surface area contributed by atoms with E-state index in [1.807, 2.05) is 36.6 Å². The third kappa shape index (κ3) is 2.58. The molecule has 0 bridgehead atoms. The summed E-state index contributed by atoms with van der Waals surface area (Å²) in [4.78, 5) is 4.59. The molecule has 0 saturated carbocycles. The molecule has 0 spiro atoms. The van der Waals surface area contributed by atoms with Crippen LogP contribution in [0.4, 0.5) is 4.39 Å². The van der Waals surface area contributed by atoms with Gasteiger partial charge in [-0.15, -0.1) is 11.6 Å². The van der Waals surface area contributed by atoms with Crippen LogP contribution in [-0.2, 0) is 0 Å². The summed E-state index contributed by atoms with van der Waals surface area (Å²) >= 11 is 9.75. The Balaban J connectivity index is 2.41. The number of benzene rings is 2. The Kier molecular flexibility index (Phi) is 3.76. The largest absolute Gasteiger partial charge is 0.294 e. The van der Waals surface area contributed by atoms with Crippen LogP contribution in [0.3, 0.4) is 0 Å². The Labute approximate surface area is 135 Å². The standard InChI is InChI=1S/C16H13BrClFN2/c1-9-3-6-13-15(7-9)21(16(20-13)10(2)18)14-8-11(19)4-5-12(14)17/h3-8,10H,1-2H3. The van der Waals surface area contributed by atoms with Gasteiger partial charge in [0.15, 0.2) is 0 Å². The van der Waals surface area contributed by atoms with Crippen molar-refractivity contribution in [3.05, 3.63) is 58.1 Å². The number of imidazole rings is 1. The van der Waals surface area contributed by atoms with E-state index < -0.39 is 0 Å². The van der Waals surface area contributed by atoms with E-state index in [1.165, 1.54) is 12.1 Å². The van der Waals surface area contributed by atoms with Crippen LogP contribution < -0.4 is 0 Å². The first-order valence-corrected chi connectivity index (χ1v) is 7.79. The molecule has 1 unspecified atom stereocenters. The van der Waals surface area contributed by atoms with E-state index in [2.05, 4.69) is 20.9 Å². The highest BCUT2D eigenvalue weighted by Gasteiger charge is 2.18. The quantitative estimate of drug-likeness (QED) is 0.544. The molecule has 0 saturated heterocycles. The number of rotatable bonds is 2. The third-order valence-electron chi connectivity index (χ3n) is 3.34. The highest BCUT2D eigenvalue weighted by Crippen LogP contribution is 2.32. The lowest BCUT2D eigenvalue weighted by molar-refractivity contribution is 0.626. The zero-order valence-corrected chi connectivity index (χ0v) is 13.9. The number of aromatic nitrogens is 2. The zero-order chi connectivity index (χ0) is 15.1. The number of fused-ring (bicyclic) bond motifs is 1. The Bertz CT molecular complexity index is 827. The van der Waals surface area contributed by atoms with Crippen molar-refractivity contribution in [3.63, 3.8) is 0 Å². The van der Waals surface area contributed by atoms with Gasteiger partial charge in [0.2, 0.25) is 0 Å². The second kappa shape index (κ2) is 5.43. The minimum atomic E-state index is -0.295. The van der Waals surface area contributed by atoms with Crippen molar-refractivity contribution in [1.82, 2.24) is 9.55 Å². The molecule has 0 N–H and O–H groups in total. The molecule has 108 valence electrons. The first-order valence-electron chi connectivity index (χ1n) is 6.56. The van der Waals surface area contributed by atoms with Gasteiger partial charge in [0, 0.05) is 4.47 Å². The maximum atomic E-state index is 13.7. The van der Waals surface area contributed by atoms with Crippen molar-refractivity contribution in [2.24, 2.45) is 0 Å². The van der Waals surface area contributed by atoms with Crippen molar-refractivity contribution >= 4 is 38.6 Å². The van der Waals surface area contributed by atoms with Crippen LogP contribution in [0, 0.1) is 12.7 Å². The van der Waals surface area contributed by atoms with E-state index in [0.29, 0.717) is 11.5 Å². The van der Waals surface area contributed by atoms with E-state index in [0.717, 1.165) is 21.1 Å². The van der Waals surface area contributed by atoms with E-state index in [9.17, 15) is 4.39 Å². The number of halogens is 3. The monoisotopic (exact) mass is 366 g/mol. The SMILES string of the molecule is Cc1ccc2nc(C(C)Cl)n(-c3cc(F)ccc3Br)c2c1. The normalized spacial score (nSPS) is 12.8. The Morgan fingerprint density at radius 1 is 1.24 bits per heavy atom. The van der Waals surface area contributed by atoms with Gasteiger partial charge in [-0.2, -0.15) is 0 Å². The van der Waals surface area contributed by atoms with Gasteiger partial charge in [-0.3, -0.25) is 4.57 Å². The first kappa shape index (κ1) is 14.5. The van der Waals surface area contributed by atoms with Crippen LogP contribution in [0.25, 0.3) is 16.7 Å². The second-order valence-corrected chi connectivity index (χ2v) is 6.52. The predicted molar refractivity (Wildman–Crippen MR) is 87.7 cm³/mol. The van der Waals surface area contributed by atoms with Crippen molar-refractivity contribution < 1.29 is 4.39 Å². The summed E-state index contributed by atoms with van der Waals surface area (Å²) in [6.45, 7) is 3.88. The van der Waals surface area contributed by atoms with E-state index in [-0.39, 0.29) is 11.2 Å². The van der Waals surface area contributed by atoms with Crippen molar-refractivity contribution in [2.45, 2.75) is 19.2 Å². The highest BCUT2D eigenvalue weighted by molar-refractivity contribution is 9.10. The van der Waals surface area contributed by atoms with Gasteiger partial charge in [-0.25, -0.2) is 9.37 Å². The number of alkyl halides is 1. The smallest absolute Gasteiger partial charge is 0.132 e. The third-order valence-corrected chi connectivity index (χ3v) is 4.21. The molecule has 1 aromatic heterocycles. The van der Waals surface area contributed by atoms with Crippen molar-refractivity contribution in [3.8, 4) is 5.69 Å². The molecule has 5 heteroatoms. The second-order valence-electron chi connectivity index (χ2n) is 5.01. The molecule has 1 heterocycles. The minimum Gasteiger partial charge on any atom is -0.294 e. The van der Waals surface area contributed by atoms with Crippen LogP contribution in [0.15, 0.2) is 40.9 Å². The van der Waals surface area contributed by atoms with Crippen LogP contribution in [0.1, 0.15) is 23.7 Å². The average molecular weight is 368 g/mol. The first-order chi connectivity index (χ1) is 9.97. The number of aryl methyl sites for hydroxylation is 1. The van der Waals surface area contributed by atoms with Crippen LogP contribution in [0.2, 0.25) is 0 Å². The molecule has 2 aromatic carbocycles. The maximum absolute atomic E-state index is 13.7. The summed E-state index contributed by atoms with van der Waals surface area (Å²) in [5, 5.41) is -0.284. The Hall–Kier alpha value is -1.39. The van der Waals surface area contributed by atoms with Crippen molar-refractivity contribution in [1.29, 1.82) is 0 Å². The molecule has 3 aromatic rings. The summed E-state index contributed by atoms with van der Waals surface area (Å²) in [7, 11) is 0. The van der Waals surface area contributed by atoms with Gasteiger partial charge < -0.3 is 0 Å². The fourth-order valence-electron chi connectivity index (χ4n) is 2.38. The van der Waals surface area contributed by atoms with Crippen molar-refractivity contribution in [2.75, 3.05) is 0 Å². The fourth-order valence-corrected chi connectivity index (χ4v) is 2.95. The number of nitrogens with zero attached hydrogens (tertiary/aromatic N) is 2. The molecule has 0 radical (unpaired) electrons. The average Bonchev–Trinajstić information content (AvgIpc) is 2.80. The summed E-state index contributed by atoms with van der Waals surface area (Å²) in [6.07, 6.45) is 0. The van der Waals surface area contributed by atoms with Gasteiger partial charge in [0.1, 0.15) is 11.6 Å². The lowest BCUT2D eigenvalue weighted by Gasteiger charge is -2.12. The topological polar surface area (TPSA) is 17.8 Å². The van der Waals surface area contributed by atoms with Gasteiger partial charge in [-0.05, 0) is 65.7 Å². The molecule has 3 rings (SSSR count). The minimum absolute atomic E-state index is 0.284. The van der Waals surface area contributed by atoms with Gasteiger partial charge in [0.25, 0.3) is 0 Å². The Morgan fingerprint density at radius 3 is 2.71 bits per heavy atom. The lowest BCUT2D eigenvalue weighted by atomic mass is 10.2. The number of hydrogen-bond donors (Lipinski definition) is 0. The molecule has 0 aliphatic carbocycles. The molecule has 0 aliphatic rings. The van der Waals surface area contributed by atoms with Gasteiger partial charge in [-0.1, -0.05) is 6.07 Å². The molecule has 0 fully saturated rings. The van der Waals surface area contributed by atoms with E-state index >= 15 is 0 Å².